The van der Waals surface area contributed by atoms with Gasteiger partial charge in [-0.3, -0.25) is 9.59 Å². The quantitative estimate of drug-likeness (QED) is 0.530. The molecule has 0 aliphatic carbocycles. The Morgan fingerprint density at radius 1 is 1.12 bits per heavy atom. The molecule has 2 heterocycles. The number of benzene rings is 2. The van der Waals surface area contributed by atoms with Crippen molar-refractivity contribution in [2.24, 2.45) is 7.05 Å². The summed E-state index contributed by atoms with van der Waals surface area (Å²) in [4.78, 5) is 24.8. The van der Waals surface area contributed by atoms with Gasteiger partial charge >= 0.3 is 0 Å². The Balaban J connectivity index is 1.30. The molecule has 10 heteroatoms. The Kier molecular flexibility index (Phi) is 6.60. The van der Waals surface area contributed by atoms with E-state index in [0.717, 1.165) is 5.56 Å². The molecule has 9 nitrogen and oxygen atoms in total. The highest BCUT2D eigenvalue weighted by Crippen LogP contribution is 2.32. The molecule has 1 aromatic heterocycles. The molecule has 32 heavy (non-hydrogen) atoms. The molecule has 0 saturated carbocycles. The number of nitrogens with one attached hydrogen (secondary N) is 2. The molecule has 1 atom stereocenters. The van der Waals surface area contributed by atoms with E-state index >= 15 is 0 Å². The van der Waals surface area contributed by atoms with Crippen LogP contribution in [0.3, 0.4) is 0 Å². The van der Waals surface area contributed by atoms with Crippen LogP contribution in [0, 0.1) is 0 Å². The molecule has 0 bridgehead atoms. The lowest BCUT2D eigenvalue weighted by Crippen LogP contribution is -2.27. The lowest BCUT2D eigenvalue weighted by Gasteiger charge is -2.21. The topological polar surface area (TPSA) is 107 Å². The number of aryl methyl sites for hydroxylation is 1. The number of aromatic nitrogens is 3. The number of fused-ring (bicyclic) bond motifs is 1. The molecular weight excluding hydrogens is 430 g/mol. The minimum absolute atomic E-state index is 0.164. The normalized spacial score (nSPS) is 13.3. The van der Waals surface area contributed by atoms with E-state index in [2.05, 4.69) is 20.8 Å². The van der Waals surface area contributed by atoms with Gasteiger partial charge in [0.1, 0.15) is 19.5 Å². The van der Waals surface area contributed by atoms with Gasteiger partial charge in [-0.15, -0.1) is 10.2 Å². The van der Waals surface area contributed by atoms with Gasteiger partial charge in [0, 0.05) is 18.3 Å². The summed E-state index contributed by atoms with van der Waals surface area (Å²) in [5, 5.41) is 14.2. The number of nitrogens with zero attached hydrogens (tertiary/aromatic N) is 3. The Labute approximate surface area is 189 Å². The largest absolute Gasteiger partial charge is 0.486 e. The van der Waals surface area contributed by atoms with Crippen LogP contribution >= 0.6 is 11.8 Å². The van der Waals surface area contributed by atoms with Gasteiger partial charge in [0.2, 0.25) is 5.91 Å². The van der Waals surface area contributed by atoms with E-state index in [1.54, 1.807) is 35.2 Å². The molecule has 0 spiro atoms. The number of hydrogen-bond acceptors (Lipinski definition) is 7. The molecule has 4 rings (SSSR count). The Morgan fingerprint density at radius 2 is 1.88 bits per heavy atom. The second-order valence-corrected chi connectivity index (χ2v) is 8.18. The SMILES string of the molecule is CC(NC(=O)c1ccc(NC(=O)CSc2nncn2C)cc1)c1ccc2c(c1)OCCO2. The molecule has 3 aromatic rings. The maximum Gasteiger partial charge on any atom is 0.251 e. The van der Waals surface area contributed by atoms with Gasteiger partial charge in [-0.05, 0) is 48.9 Å². The van der Waals surface area contributed by atoms with Crippen molar-refractivity contribution in [3.8, 4) is 11.5 Å². The predicted molar refractivity (Wildman–Crippen MR) is 120 cm³/mol. The maximum atomic E-state index is 12.6. The zero-order valence-corrected chi connectivity index (χ0v) is 18.5. The van der Waals surface area contributed by atoms with Crippen LogP contribution in [0.25, 0.3) is 0 Å². The summed E-state index contributed by atoms with van der Waals surface area (Å²) in [6, 6.07) is 12.2. The van der Waals surface area contributed by atoms with Gasteiger partial charge in [0.25, 0.3) is 5.91 Å². The second kappa shape index (κ2) is 9.73. The van der Waals surface area contributed by atoms with Gasteiger partial charge in [0.05, 0.1) is 11.8 Å². The molecule has 1 aliphatic heterocycles. The van der Waals surface area contributed by atoms with E-state index < -0.39 is 0 Å². The van der Waals surface area contributed by atoms with Crippen LogP contribution in [-0.2, 0) is 11.8 Å². The molecule has 0 saturated heterocycles. The lowest BCUT2D eigenvalue weighted by atomic mass is 10.1. The van der Waals surface area contributed by atoms with Crippen molar-refractivity contribution < 1.29 is 19.1 Å². The van der Waals surface area contributed by atoms with E-state index in [9.17, 15) is 9.59 Å². The standard InChI is InChI=1S/C22H23N5O4S/c1-14(16-5-8-18-19(11-16)31-10-9-30-18)24-21(29)15-3-6-17(7-4-15)25-20(28)12-32-22-26-23-13-27(22)2/h3-8,11,13-14H,9-10,12H2,1-2H3,(H,24,29)(H,25,28). The number of rotatable bonds is 7. The van der Waals surface area contributed by atoms with Crippen molar-refractivity contribution in [3.63, 3.8) is 0 Å². The predicted octanol–water partition coefficient (Wildman–Crippen LogP) is 2.81. The first-order chi connectivity index (χ1) is 15.5. The zero-order chi connectivity index (χ0) is 22.5. The molecule has 1 aliphatic rings. The molecule has 1 unspecified atom stereocenters. The van der Waals surface area contributed by atoms with Crippen molar-refractivity contribution in [2.45, 2.75) is 18.1 Å². The zero-order valence-electron chi connectivity index (χ0n) is 17.7. The van der Waals surface area contributed by atoms with Crippen molar-refractivity contribution in [1.82, 2.24) is 20.1 Å². The lowest BCUT2D eigenvalue weighted by molar-refractivity contribution is -0.113. The maximum absolute atomic E-state index is 12.6. The number of carbonyl (C=O) groups is 2. The smallest absolute Gasteiger partial charge is 0.251 e. The molecule has 0 fully saturated rings. The third-order valence-corrected chi connectivity index (χ3v) is 5.88. The van der Waals surface area contributed by atoms with Gasteiger partial charge in [-0.1, -0.05) is 17.8 Å². The fourth-order valence-electron chi connectivity index (χ4n) is 3.13. The first-order valence-corrected chi connectivity index (χ1v) is 11.1. The van der Waals surface area contributed by atoms with Crippen LogP contribution in [0.4, 0.5) is 5.69 Å². The monoisotopic (exact) mass is 453 g/mol. The van der Waals surface area contributed by atoms with Crippen molar-refractivity contribution >= 4 is 29.3 Å². The number of anilines is 1. The van der Waals surface area contributed by atoms with Gasteiger partial charge in [-0.25, -0.2) is 0 Å². The van der Waals surface area contributed by atoms with E-state index in [1.807, 2.05) is 32.2 Å². The summed E-state index contributed by atoms with van der Waals surface area (Å²) >= 11 is 1.30. The highest BCUT2D eigenvalue weighted by molar-refractivity contribution is 7.99. The average molecular weight is 454 g/mol. The van der Waals surface area contributed by atoms with Crippen LogP contribution in [0.2, 0.25) is 0 Å². The summed E-state index contributed by atoms with van der Waals surface area (Å²) in [7, 11) is 1.82. The average Bonchev–Trinajstić information content (AvgIpc) is 3.22. The first-order valence-electron chi connectivity index (χ1n) is 10.1. The Bertz CT molecular complexity index is 1120. The van der Waals surface area contributed by atoms with Crippen LogP contribution < -0.4 is 20.1 Å². The highest BCUT2D eigenvalue weighted by atomic mass is 32.2. The Hall–Kier alpha value is -3.53. The fourth-order valence-corrected chi connectivity index (χ4v) is 3.82. The van der Waals surface area contributed by atoms with Gasteiger partial charge < -0.3 is 24.7 Å². The number of hydrogen-bond donors (Lipinski definition) is 2. The molecule has 2 aromatic carbocycles. The van der Waals surface area contributed by atoms with Gasteiger partial charge in [-0.2, -0.15) is 0 Å². The summed E-state index contributed by atoms with van der Waals surface area (Å²) < 4.78 is 12.9. The third kappa shape index (κ3) is 5.20. The number of carbonyl (C=O) groups excluding carboxylic acids is 2. The van der Waals surface area contributed by atoms with Crippen LogP contribution in [0.5, 0.6) is 11.5 Å². The van der Waals surface area contributed by atoms with Crippen LogP contribution in [0.15, 0.2) is 53.9 Å². The molecular formula is C22H23N5O4S. The fraction of sp³-hybridized carbons (Fsp3) is 0.273. The van der Waals surface area contributed by atoms with Crippen molar-refractivity contribution in [3.05, 3.63) is 59.9 Å². The summed E-state index contributed by atoms with van der Waals surface area (Å²) in [6.07, 6.45) is 1.58. The number of amides is 2. The summed E-state index contributed by atoms with van der Waals surface area (Å²) in [5.74, 6) is 1.24. The van der Waals surface area contributed by atoms with Crippen LogP contribution in [-0.4, -0.2) is 45.5 Å². The van der Waals surface area contributed by atoms with Gasteiger partial charge in [0.15, 0.2) is 16.7 Å². The Morgan fingerprint density at radius 3 is 2.59 bits per heavy atom. The highest BCUT2D eigenvalue weighted by Gasteiger charge is 2.16. The van der Waals surface area contributed by atoms with E-state index in [4.69, 9.17) is 9.47 Å². The first kappa shape index (κ1) is 21.7. The molecule has 166 valence electrons. The number of ether oxygens (including phenoxy) is 2. The summed E-state index contributed by atoms with van der Waals surface area (Å²) in [5.41, 5.74) is 2.04. The minimum Gasteiger partial charge on any atom is -0.486 e. The van der Waals surface area contributed by atoms with Crippen molar-refractivity contribution in [1.29, 1.82) is 0 Å². The number of thioether (sulfide) groups is 1. The molecule has 2 amide bonds. The molecule has 2 N–H and O–H groups in total. The second-order valence-electron chi connectivity index (χ2n) is 7.24. The van der Waals surface area contributed by atoms with E-state index in [-0.39, 0.29) is 23.6 Å². The van der Waals surface area contributed by atoms with E-state index in [1.165, 1.54) is 11.8 Å². The van der Waals surface area contributed by atoms with E-state index in [0.29, 0.717) is 41.1 Å². The minimum atomic E-state index is -0.213. The summed E-state index contributed by atoms with van der Waals surface area (Å²) in [6.45, 7) is 2.96. The molecule has 0 radical (unpaired) electrons. The van der Waals surface area contributed by atoms with Crippen LogP contribution in [0.1, 0.15) is 28.9 Å². The third-order valence-electron chi connectivity index (χ3n) is 4.85. The van der Waals surface area contributed by atoms with Crippen molar-refractivity contribution in [2.75, 3.05) is 24.3 Å².